The number of fused-ring (bicyclic) bond motifs is 2. The maximum atomic E-state index is 8.73. The minimum Gasteiger partial charge on any atom is -0.409 e. The number of hydrogen-bond acceptors (Lipinski definition) is 3. The number of likely N-dealkylation sites (tertiary alicyclic amines) is 1. The number of piperidine rings is 1. The molecule has 0 amide bonds. The molecule has 2 aliphatic rings. The van der Waals surface area contributed by atoms with Gasteiger partial charge in [0.25, 0.3) is 0 Å². The molecule has 0 aromatic heterocycles. The Morgan fingerprint density at radius 1 is 1.39 bits per heavy atom. The molecular weight excluding hydrogens is 226 g/mol. The van der Waals surface area contributed by atoms with Crippen LogP contribution in [0.4, 0.5) is 0 Å². The first-order valence-electron chi connectivity index (χ1n) is 7.25. The molecule has 2 unspecified atom stereocenters. The van der Waals surface area contributed by atoms with E-state index in [1.807, 2.05) is 13.8 Å². The summed E-state index contributed by atoms with van der Waals surface area (Å²) in [5.74, 6) is 1.34. The third-order valence-electron chi connectivity index (χ3n) is 4.82. The van der Waals surface area contributed by atoms with Crippen molar-refractivity contribution in [2.45, 2.75) is 58.4 Å². The van der Waals surface area contributed by atoms with Crippen LogP contribution in [0.2, 0.25) is 0 Å². The van der Waals surface area contributed by atoms with Gasteiger partial charge in [-0.1, -0.05) is 25.4 Å². The molecule has 2 rings (SSSR count). The first kappa shape index (κ1) is 13.7. The van der Waals surface area contributed by atoms with Gasteiger partial charge >= 0.3 is 0 Å². The zero-order chi connectivity index (χ0) is 13.2. The molecule has 0 radical (unpaired) electrons. The third-order valence-corrected chi connectivity index (χ3v) is 4.82. The molecule has 1 saturated heterocycles. The van der Waals surface area contributed by atoms with Crippen molar-refractivity contribution in [2.24, 2.45) is 22.2 Å². The first-order valence-corrected chi connectivity index (χ1v) is 7.25. The number of nitrogens with zero attached hydrogens (tertiary/aromatic N) is 2. The van der Waals surface area contributed by atoms with Crippen LogP contribution in [0.1, 0.15) is 52.4 Å². The Bertz CT molecular complexity index is 314. The van der Waals surface area contributed by atoms with Gasteiger partial charge in [-0.05, 0) is 44.6 Å². The van der Waals surface area contributed by atoms with E-state index >= 15 is 0 Å². The van der Waals surface area contributed by atoms with Crippen LogP contribution in [0.25, 0.3) is 0 Å². The summed E-state index contributed by atoms with van der Waals surface area (Å²) in [6.45, 7) is 6.64. The van der Waals surface area contributed by atoms with E-state index in [0.717, 1.165) is 24.8 Å². The van der Waals surface area contributed by atoms with Gasteiger partial charge in [-0.3, -0.25) is 0 Å². The molecule has 4 nitrogen and oxygen atoms in total. The minimum absolute atomic E-state index is 0.182. The molecule has 4 heteroatoms. The van der Waals surface area contributed by atoms with Crippen LogP contribution < -0.4 is 5.73 Å². The Labute approximate surface area is 110 Å². The second-order valence-electron chi connectivity index (χ2n) is 6.65. The molecule has 2 atom stereocenters. The molecule has 0 spiro atoms. The summed E-state index contributed by atoms with van der Waals surface area (Å²) in [6.07, 6.45) is 7.68. The highest BCUT2D eigenvalue weighted by molar-refractivity contribution is 5.85. The molecule has 104 valence electrons. The summed E-state index contributed by atoms with van der Waals surface area (Å²) < 4.78 is 0. The molecular formula is C14H27N3O. The fraction of sp³-hybridized carbons (Fsp3) is 0.929. The fourth-order valence-corrected chi connectivity index (χ4v) is 3.45. The van der Waals surface area contributed by atoms with E-state index in [0.29, 0.717) is 5.84 Å². The summed E-state index contributed by atoms with van der Waals surface area (Å²) in [7, 11) is 0. The zero-order valence-electron chi connectivity index (χ0n) is 11.7. The highest BCUT2D eigenvalue weighted by atomic mass is 16.4. The average Bonchev–Trinajstić information content (AvgIpc) is 2.95. The van der Waals surface area contributed by atoms with Crippen LogP contribution in [-0.2, 0) is 0 Å². The quantitative estimate of drug-likeness (QED) is 0.251. The summed E-state index contributed by atoms with van der Waals surface area (Å²) in [6, 6.07) is 0.882. The first-order chi connectivity index (χ1) is 8.53. The largest absolute Gasteiger partial charge is 0.409 e. The van der Waals surface area contributed by atoms with Crippen LogP contribution in [0, 0.1) is 11.3 Å². The predicted molar refractivity (Wildman–Crippen MR) is 73.7 cm³/mol. The third kappa shape index (κ3) is 2.97. The molecule has 18 heavy (non-hydrogen) atoms. The molecule has 1 aliphatic carbocycles. The van der Waals surface area contributed by atoms with Crippen molar-refractivity contribution in [1.82, 2.24) is 4.90 Å². The summed E-state index contributed by atoms with van der Waals surface area (Å²) in [4.78, 5) is 2.67. The van der Waals surface area contributed by atoms with Gasteiger partial charge in [0.15, 0.2) is 0 Å². The fourth-order valence-electron chi connectivity index (χ4n) is 3.45. The van der Waals surface area contributed by atoms with Gasteiger partial charge in [-0.2, -0.15) is 0 Å². The minimum atomic E-state index is -0.182. The smallest absolute Gasteiger partial charge is 0.144 e. The van der Waals surface area contributed by atoms with E-state index in [9.17, 15) is 0 Å². The molecule has 3 N–H and O–H groups in total. The second kappa shape index (κ2) is 5.47. The van der Waals surface area contributed by atoms with Gasteiger partial charge < -0.3 is 15.8 Å². The highest BCUT2D eigenvalue weighted by Crippen LogP contribution is 2.37. The summed E-state index contributed by atoms with van der Waals surface area (Å²) in [5.41, 5.74) is 5.51. The van der Waals surface area contributed by atoms with Gasteiger partial charge in [0.05, 0.1) is 0 Å². The van der Waals surface area contributed by atoms with Gasteiger partial charge in [-0.15, -0.1) is 0 Å². The van der Waals surface area contributed by atoms with E-state index in [-0.39, 0.29) is 5.41 Å². The zero-order valence-corrected chi connectivity index (χ0v) is 11.7. The van der Waals surface area contributed by atoms with Crippen LogP contribution in [0.5, 0.6) is 0 Å². The van der Waals surface area contributed by atoms with Crippen molar-refractivity contribution in [3.05, 3.63) is 0 Å². The number of nitrogens with two attached hydrogens (primary N) is 1. The highest BCUT2D eigenvalue weighted by Gasteiger charge is 2.37. The van der Waals surface area contributed by atoms with Crippen molar-refractivity contribution in [3.8, 4) is 0 Å². The van der Waals surface area contributed by atoms with Crippen LogP contribution in [-0.4, -0.2) is 35.1 Å². The van der Waals surface area contributed by atoms with Gasteiger partial charge in [0.1, 0.15) is 5.84 Å². The van der Waals surface area contributed by atoms with Crippen molar-refractivity contribution in [3.63, 3.8) is 0 Å². The number of unbranched alkanes of at least 4 members (excludes halogenated alkanes) is 1. The Kier molecular flexibility index (Phi) is 4.15. The van der Waals surface area contributed by atoms with Crippen molar-refractivity contribution in [2.75, 3.05) is 13.1 Å². The van der Waals surface area contributed by atoms with Gasteiger partial charge in [-0.25, -0.2) is 0 Å². The monoisotopic (exact) mass is 253 g/mol. The van der Waals surface area contributed by atoms with Crippen LogP contribution in [0.15, 0.2) is 5.16 Å². The molecule has 1 aliphatic heterocycles. The van der Waals surface area contributed by atoms with Crippen molar-refractivity contribution in [1.29, 1.82) is 0 Å². The van der Waals surface area contributed by atoms with Crippen molar-refractivity contribution < 1.29 is 5.21 Å². The standard InChI is InChI=1S/C14H27N3O/c1-14(2,13(15)16-18)7-3-4-8-17-10-11-5-6-12(17)9-11/h11-12,18H,3-10H2,1-2H3,(H2,15,16). The van der Waals surface area contributed by atoms with Crippen LogP contribution in [0.3, 0.4) is 0 Å². The lowest BCUT2D eigenvalue weighted by Gasteiger charge is -2.27. The van der Waals surface area contributed by atoms with Gasteiger partial charge in [0, 0.05) is 18.0 Å². The van der Waals surface area contributed by atoms with E-state index in [1.54, 1.807) is 0 Å². The normalized spacial score (nSPS) is 29.1. The average molecular weight is 253 g/mol. The summed E-state index contributed by atoms with van der Waals surface area (Å²) >= 11 is 0. The Balaban J connectivity index is 1.64. The lowest BCUT2D eigenvalue weighted by atomic mass is 9.86. The Morgan fingerprint density at radius 3 is 2.72 bits per heavy atom. The number of hydrogen-bond donors (Lipinski definition) is 2. The Hall–Kier alpha value is -0.770. The predicted octanol–water partition coefficient (Wildman–Crippen LogP) is 2.41. The van der Waals surface area contributed by atoms with E-state index in [2.05, 4.69) is 10.1 Å². The number of oxime groups is 1. The van der Waals surface area contributed by atoms with E-state index in [1.165, 1.54) is 38.8 Å². The SMILES string of the molecule is CC(C)(CCCCN1CC2CCC1C2)C(N)=NO. The second-order valence-corrected chi connectivity index (χ2v) is 6.65. The molecule has 1 saturated carbocycles. The van der Waals surface area contributed by atoms with E-state index < -0.39 is 0 Å². The maximum absolute atomic E-state index is 8.73. The Morgan fingerprint density at radius 2 is 2.17 bits per heavy atom. The summed E-state index contributed by atoms with van der Waals surface area (Å²) in [5, 5.41) is 11.9. The van der Waals surface area contributed by atoms with Crippen molar-refractivity contribution >= 4 is 5.84 Å². The number of rotatable bonds is 6. The lowest BCUT2D eigenvalue weighted by Crippen LogP contribution is -2.34. The topological polar surface area (TPSA) is 61.8 Å². The molecule has 0 aromatic rings. The van der Waals surface area contributed by atoms with Crippen LogP contribution >= 0.6 is 0 Å². The number of amidine groups is 1. The molecule has 0 aromatic carbocycles. The maximum Gasteiger partial charge on any atom is 0.144 e. The van der Waals surface area contributed by atoms with E-state index in [4.69, 9.17) is 10.9 Å². The lowest BCUT2D eigenvalue weighted by molar-refractivity contribution is 0.207. The van der Waals surface area contributed by atoms with Gasteiger partial charge in [0.2, 0.25) is 0 Å². The molecule has 2 fully saturated rings. The molecule has 2 bridgehead atoms. The molecule has 1 heterocycles.